The summed E-state index contributed by atoms with van der Waals surface area (Å²) < 4.78 is 11.6. The number of ketones is 1. The van der Waals surface area contributed by atoms with Crippen LogP contribution >= 0.6 is 27.3 Å². The van der Waals surface area contributed by atoms with E-state index in [1.165, 1.54) is 11.3 Å². The van der Waals surface area contributed by atoms with Crippen molar-refractivity contribution in [1.82, 2.24) is 4.90 Å². The molecule has 2 unspecified atom stereocenters. The second-order valence-electron chi connectivity index (χ2n) is 7.40. The van der Waals surface area contributed by atoms with Crippen molar-refractivity contribution >= 4 is 44.7 Å². The first-order chi connectivity index (χ1) is 14.4. The number of methoxy groups -OCH3 is 1. The molecule has 1 N–H and O–H groups in total. The van der Waals surface area contributed by atoms with Crippen molar-refractivity contribution in [1.29, 1.82) is 0 Å². The number of carbonyl (C=O) groups is 2. The minimum absolute atomic E-state index is 0.0962. The summed E-state index contributed by atoms with van der Waals surface area (Å²) in [5.74, 6) is -0.854. The van der Waals surface area contributed by atoms with Crippen LogP contribution in [0.1, 0.15) is 34.9 Å². The van der Waals surface area contributed by atoms with Crippen molar-refractivity contribution in [3.8, 4) is 5.75 Å². The van der Waals surface area contributed by atoms with Crippen molar-refractivity contribution in [3.63, 3.8) is 0 Å². The van der Waals surface area contributed by atoms with Gasteiger partial charge in [0.05, 0.1) is 29.3 Å². The molecule has 2 aromatic rings. The molecule has 2 aliphatic rings. The molecule has 0 aliphatic carbocycles. The van der Waals surface area contributed by atoms with Crippen LogP contribution in [0.15, 0.2) is 39.7 Å². The number of Topliss-reactive ketones (excluding diaryl/α,β-unsaturated/α-hetero) is 1. The third-order valence-electron chi connectivity index (χ3n) is 5.54. The summed E-state index contributed by atoms with van der Waals surface area (Å²) in [5.41, 5.74) is 1.53. The number of amides is 1. The molecule has 30 heavy (non-hydrogen) atoms. The summed E-state index contributed by atoms with van der Waals surface area (Å²) >= 11 is 4.89. The van der Waals surface area contributed by atoms with E-state index in [9.17, 15) is 14.7 Å². The second kappa shape index (κ2) is 8.53. The lowest BCUT2D eigenvalue weighted by molar-refractivity contribution is -0.140. The Morgan fingerprint density at radius 3 is 2.77 bits per heavy atom. The molecule has 6 nitrogen and oxygen atoms in total. The summed E-state index contributed by atoms with van der Waals surface area (Å²) in [7, 11) is 1.55. The molecule has 4 rings (SSSR count). The smallest absolute Gasteiger partial charge is 0.295 e. The standard InChI is InChI=1S/C22H22BrNO5S/c1-12-7-9-30-21(12)18-17(19(25)13-5-6-16(28-2)15(23)10-13)20(26)22(27)24(18)11-14-4-3-8-29-14/h5-7,9-10,14,18,25H,3-4,8,11H2,1-2H3/b19-17-. The van der Waals surface area contributed by atoms with Crippen molar-refractivity contribution in [2.45, 2.75) is 31.9 Å². The molecule has 0 radical (unpaired) electrons. The molecule has 1 aromatic carbocycles. The number of rotatable bonds is 5. The number of aliphatic hydroxyl groups is 1. The SMILES string of the molecule is COc1ccc(/C(O)=C2/C(=O)C(=O)N(CC3CCCO3)C2c2sccc2C)cc1Br. The molecule has 0 bridgehead atoms. The first-order valence-electron chi connectivity index (χ1n) is 9.70. The number of thiophene rings is 1. The number of hydrogen-bond acceptors (Lipinski definition) is 6. The monoisotopic (exact) mass is 491 g/mol. The van der Waals surface area contributed by atoms with E-state index in [1.54, 1.807) is 30.2 Å². The number of likely N-dealkylation sites (tertiary alicyclic amines) is 1. The number of aliphatic hydroxyl groups excluding tert-OH is 1. The highest BCUT2D eigenvalue weighted by atomic mass is 79.9. The van der Waals surface area contributed by atoms with Crippen LogP contribution in [0.4, 0.5) is 0 Å². The van der Waals surface area contributed by atoms with Gasteiger partial charge < -0.3 is 19.5 Å². The lowest BCUT2D eigenvalue weighted by Crippen LogP contribution is -2.36. The predicted molar refractivity (Wildman–Crippen MR) is 118 cm³/mol. The second-order valence-corrected chi connectivity index (χ2v) is 9.21. The summed E-state index contributed by atoms with van der Waals surface area (Å²) in [5, 5.41) is 13.1. The van der Waals surface area contributed by atoms with Crippen LogP contribution in [0, 0.1) is 6.92 Å². The molecule has 0 saturated carbocycles. The van der Waals surface area contributed by atoms with E-state index in [1.807, 2.05) is 18.4 Å². The number of nitrogens with zero attached hydrogens (tertiary/aromatic N) is 1. The summed E-state index contributed by atoms with van der Waals surface area (Å²) in [6, 6.07) is 6.38. The Labute approximate surface area is 187 Å². The third kappa shape index (κ3) is 3.68. The average Bonchev–Trinajstić information content (AvgIpc) is 3.45. The van der Waals surface area contributed by atoms with Gasteiger partial charge in [-0.05, 0) is 70.9 Å². The Hall–Kier alpha value is -2.16. The average molecular weight is 492 g/mol. The van der Waals surface area contributed by atoms with E-state index in [-0.39, 0.29) is 17.4 Å². The van der Waals surface area contributed by atoms with Crippen LogP contribution in [0.3, 0.4) is 0 Å². The van der Waals surface area contributed by atoms with Crippen molar-refractivity contribution in [3.05, 3.63) is 55.7 Å². The number of carbonyl (C=O) groups excluding carboxylic acids is 2. The van der Waals surface area contributed by atoms with Gasteiger partial charge in [-0.15, -0.1) is 11.3 Å². The highest BCUT2D eigenvalue weighted by Crippen LogP contribution is 2.43. The van der Waals surface area contributed by atoms with Crippen LogP contribution in [-0.4, -0.2) is 48.1 Å². The predicted octanol–water partition coefficient (Wildman–Crippen LogP) is 4.43. The fourth-order valence-electron chi connectivity index (χ4n) is 3.98. The first kappa shape index (κ1) is 21.1. The van der Waals surface area contributed by atoms with E-state index >= 15 is 0 Å². The maximum absolute atomic E-state index is 13.0. The van der Waals surface area contributed by atoms with Gasteiger partial charge in [0, 0.05) is 23.6 Å². The molecule has 8 heteroatoms. The molecular weight excluding hydrogens is 470 g/mol. The van der Waals surface area contributed by atoms with Crippen molar-refractivity contribution in [2.75, 3.05) is 20.3 Å². The number of aryl methyl sites for hydroxylation is 1. The Bertz CT molecular complexity index is 1020. The zero-order valence-electron chi connectivity index (χ0n) is 16.7. The van der Waals surface area contributed by atoms with E-state index in [0.717, 1.165) is 23.3 Å². The van der Waals surface area contributed by atoms with Crippen LogP contribution < -0.4 is 4.74 Å². The minimum Gasteiger partial charge on any atom is -0.507 e. The van der Waals surface area contributed by atoms with Gasteiger partial charge >= 0.3 is 0 Å². The zero-order valence-corrected chi connectivity index (χ0v) is 19.1. The lowest BCUT2D eigenvalue weighted by atomic mass is 9.98. The van der Waals surface area contributed by atoms with E-state index in [0.29, 0.717) is 28.9 Å². The van der Waals surface area contributed by atoms with Crippen molar-refractivity contribution in [2.24, 2.45) is 0 Å². The lowest BCUT2D eigenvalue weighted by Gasteiger charge is -2.27. The van der Waals surface area contributed by atoms with Crippen LogP contribution in [0.2, 0.25) is 0 Å². The third-order valence-corrected chi connectivity index (χ3v) is 7.23. The summed E-state index contributed by atoms with van der Waals surface area (Å²) in [6.45, 7) is 2.94. The Kier molecular flexibility index (Phi) is 5.99. The number of halogens is 1. The van der Waals surface area contributed by atoms with Crippen LogP contribution in [0.5, 0.6) is 5.75 Å². The number of ether oxygens (including phenoxy) is 2. The largest absolute Gasteiger partial charge is 0.507 e. The molecule has 2 aliphatic heterocycles. The van der Waals surface area contributed by atoms with Crippen LogP contribution in [0.25, 0.3) is 5.76 Å². The molecule has 0 spiro atoms. The summed E-state index contributed by atoms with van der Waals surface area (Å²) in [6.07, 6.45) is 1.70. The van der Waals surface area contributed by atoms with Gasteiger partial charge in [-0.25, -0.2) is 0 Å². The quantitative estimate of drug-likeness (QED) is 0.380. The topological polar surface area (TPSA) is 76.1 Å². The van der Waals surface area contributed by atoms with E-state index < -0.39 is 17.7 Å². The molecular formula is C22H22BrNO5S. The van der Waals surface area contributed by atoms with Crippen LogP contribution in [-0.2, 0) is 14.3 Å². The van der Waals surface area contributed by atoms with E-state index in [2.05, 4.69) is 15.9 Å². The molecule has 3 heterocycles. The van der Waals surface area contributed by atoms with Gasteiger partial charge in [-0.1, -0.05) is 0 Å². The maximum atomic E-state index is 13.0. The highest BCUT2D eigenvalue weighted by molar-refractivity contribution is 9.10. The Morgan fingerprint density at radius 2 is 2.17 bits per heavy atom. The van der Waals surface area contributed by atoms with Crippen molar-refractivity contribution < 1.29 is 24.2 Å². The van der Waals surface area contributed by atoms with Gasteiger partial charge in [-0.3, -0.25) is 9.59 Å². The highest BCUT2D eigenvalue weighted by Gasteiger charge is 2.48. The zero-order chi connectivity index (χ0) is 21.4. The first-order valence-corrected chi connectivity index (χ1v) is 11.4. The molecule has 2 saturated heterocycles. The molecule has 158 valence electrons. The fourth-order valence-corrected chi connectivity index (χ4v) is 5.57. The molecule has 1 amide bonds. The van der Waals surface area contributed by atoms with E-state index in [4.69, 9.17) is 9.47 Å². The molecule has 2 atom stereocenters. The normalized spacial score (nSPS) is 23.4. The Balaban J connectivity index is 1.82. The fraction of sp³-hybridized carbons (Fsp3) is 0.364. The minimum atomic E-state index is -0.671. The van der Waals surface area contributed by atoms with Gasteiger partial charge in [-0.2, -0.15) is 0 Å². The molecule has 2 fully saturated rings. The number of benzene rings is 1. The maximum Gasteiger partial charge on any atom is 0.295 e. The molecule has 1 aromatic heterocycles. The Morgan fingerprint density at radius 1 is 1.37 bits per heavy atom. The number of hydrogen-bond donors (Lipinski definition) is 1. The summed E-state index contributed by atoms with van der Waals surface area (Å²) in [4.78, 5) is 28.5. The van der Waals surface area contributed by atoms with Gasteiger partial charge in [0.25, 0.3) is 11.7 Å². The van der Waals surface area contributed by atoms with Gasteiger partial charge in [0.1, 0.15) is 11.5 Å². The van der Waals surface area contributed by atoms with Gasteiger partial charge in [0.15, 0.2) is 0 Å². The van der Waals surface area contributed by atoms with Gasteiger partial charge in [0.2, 0.25) is 0 Å².